The molecule has 8 heteroatoms. The lowest BCUT2D eigenvalue weighted by Gasteiger charge is -2.10. The molecule has 0 radical (unpaired) electrons. The van der Waals surface area contributed by atoms with Gasteiger partial charge in [0.25, 0.3) is 0 Å². The number of pyridine rings is 2. The lowest BCUT2D eigenvalue weighted by Crippen LogP contribution is -2.00. The summed E-state index contributed by atoms with van der Waals surface area (Å²) in [4.78, 5) is 14.7. The Morgan fingerprint density at radius 2 is 2.16 bits per heavy atom. The van der Waals surface area contributed by atoms with Gasteiger partial charge in [-0.2, -0.15) is 0 Å². The van der Waals surface area contributed by atoms with Gasteiger partial charge in [-0.15, -0.1) is 11.3 Å². The van der Waals surface area contributed by atoms with Gasteiger partial charge in [0, 0.05) is 47.6 Å². The van der Waals surface area contributed by atoms with Gasteiger partial charge in [-0.05, 0) is 37.5 Å². The van der Waals surface area contributed by atoms with Crippen LogP contribution in [0.15, 0.2) is 41.0 Å². The van der Waals surface area contributed by atoms with Crippen LogP contribution in [0.2, 0.25) is 0 Å². The fraction of sp³-hybridized carbons (Fsp3) is 0.348. The Labute approximate surface area is 188 Å². The maximum Gasteiger partial charge on any atom is 0.127 e. The zero-order chi connectivity index (χ0) is 21.5. The number of hydrogen-bond acceptors (Lipinski definition) is 6. The van der Waals surface area contributed by atoms with Gasteiger partial charge in [0.15, 0.2) is 0 Å². The minimum Gasteiger partial charge on any atom is -0.396 e. The van der Waals surface area contributed by atoms with E-state index in [-0.39, 0.29) is 0 Å². The van der Waals surface area contributed by atoms with Crippen molar-refractivity contribution in [2.24, 2.45) is 7.05 Å². The highest BCUT2D eigenvalue weighted by molar-refractivity contribution is 7.87. The van der Waals surface area contributed by atoms with Crippen molar-refractivity contribution in [2.45, 2.75) is 42.7 Å². The van der Waals surface area contributed by atoms with Gasteiger partial charge in [-0.1, -0.05) is 13.3 Å². The predicted octanol–water partition coefficient (Wildman–Crippen LogP) is 5.13. The number of nitrogen functional groups attached to an aromatic ring is 1. The van der Waals surface area contributed by atoms with Crippen molar-refractivity contribution >= 4 is 38.0 Å². The van der Waals surface area contributed by atoms with Gasteiger partial charge in [-0.3, -0.25) is 9.19 Å². The minimum absolute atomic E-state index is 0.547. The van der Waals surface area contributed by atoms with E-state index in [1.54, 1.807) is 6.20 Å². The number of unbranched alkanes of at least 4 members (excludes halogenated alkanes) is 1. The topological polar surface area (TPSA) is 86.7 Å². The van der Waals surface area contributed by atoms with E-state index in [1.165, 1.54) is 24.2 Å². The standard InChI is InChI=1S/C23H25N5OS2/c1-3-4-10-31(29)23-20(24)19-16(18-13-26-21(28(18)2)14-7-8-14)11-17(27-22(19)30-23)15-6-5-9-25-12-15/h5-6,9,11-14H,3-4,7-8,10,24H2,1-2H3/t31-/m0/s1. The Hall–Kier alpha value is -2.58. The highest BCUT2D eigenvalue weighted by Gasteiger charge is 2.29. The number of aromatic nitrogens is 4. The highest BCUT2D eigenvalue weighted by Crippen LogP contribution is 2.45. The van der Waals surface area contributed by atoms with Crippen LogP contribution in [0.25, 0.3) is 32.7 Å². The van der Waals surface area contributed by atoms with Crippen LogP contribution >= 0.6 is 11.3 Å². The zero-order valence-corrected chi connectivity index (χ0v) is 19.3. The van der Waals surface area contributed by atoms with Crippen LogP contribution in [0.4, 0.5) is 5.69 Å². The molecule has 4 aromatic rings. The summed E-state index contributed by atoms with van der Waals surface area (Å²) in [5.41, 5.74) is 11.0. The molecular weight excluding hydrogens is 426 g/mol. The molecule has 0 aromatic carbocycles. The maximum absolute atomic E-state index is 13.0. The molecule has 1 saturated carbocycles. The summed E-state index contributed by atoms with van der Waals surface area (Å²) >= 11 is 1.45. The molecule has 5 rings (SSSR count). The first-order chi connectivity index (χ1) is 15.1. The van der Waals surface area contributed by atoms with E-state index >= 15 is 0 Å². The van der Waals surface area contributed by atoms with Gasteiger partial charge >= 0.3 is 0 Å². The Bertz CT molecular complexity index is 1270. The van der Waals surface area contributed by atoms with Crippen LogP contribution in [0.5, 0.6) is 0 Å². The highest BCUT2D eigenvalue weighted by atomic mass is 32.2. The molecule has 4 heterocycles. The number of imidazole rings is 1. The maximum atomic E-state index is 13.0. The zero-order valence-electron chi connectivity index (χ0n) is 17.7. The average molecular weight is 452 g/mol. The molecular formula is C23H25N5OS2. The Kier molecular flexibility index (Phi) is 5.35. The Balaban J connectivity index is 1.73. The SMILES string of the molecule is CCCC[S@](=O)c1sc2nc(-c3cccnc3)cc(-c3cnc(C4CC4)n3C)c2c1N. The number of anilines is 1. The third-order valence-electron chi connectivity index (χ3n) is 5.75. The lowest BCUT2D eigenvalue weighted by atomic mass is 10.1. The molecule has 0 spiro atoms. The molecule has 1 atom stereocenters. The number of rotatable bonds is 7. The number of nitrogens with two attached hydrogens (primary N) is 1. The fourth-order valence-electron chi connectivity index (χ4n) is 3.90. The molecule has 4 aromatic heterocycles. The molecule has 31 heavy (non-hydrogen) atoms. The monoisotopic (exact) mass is 451 g/mol. The minimum atomic E-state index is -1.12. The molecule has 0 saturated heterocycles. The summed E-state index contributed by atoms with van der Waals surface area (Å²) in [6.07, 6.45) is 9.80. The van der Waals surface area contributed by atoms with Crippen molar-refractivity contribution in [3.63, 3.8) is 0 Å². The van der Waals surface area contributed by atoms with Crippen LogP contribution in [-0.2, 0) is 17.8 Å². The summed E-state index contributed by atoms with van der Waals surface area (Å²) in [6.45, 7) is 2.10. The predicted molar refractivity (Wildman–Crippen MR) is 128 cm³/mol. The van der Waals surface area contributed by atoms with Crippen LogP contribution in [0.1, 0.15) is 44.3 Å². The third kappa shape index (κ3) is 3.68. The summed E-state index contributed by atoms with van der Waals surface area (Å²) < 4.78 is 15.8. The van der Waals surface area contributed by atoms with E-state index < -0.39 is 10.8 Å². The smallest absolute Gasteiger partial charge is 0.127 e. The summed E-state index contributed by atoms with van der Waals surface area (Å²) in [5, 5.41) is 0.878. The van der Waals surface area contributed by atoms with E-state index in [2.05, 4.69) is 29.6 Å². The van der Waals surface area contributed by atoms with Crippen molar-refractivity contribution in [1.82, 2.24) is 19.5 Å². The largest absolute Gasteiger partial charge is 0.396 e. The number of nitrogens with zero attached hydrogens (tertiary/aromatic N) is 4. The molecule has 0 amide bonds. The molecule has 6 nitrogen and oxygen atoms in total. The van der Waals surface area contributed by atoms with E-state index in [0.717, 1.165) is 55.6 Å². The van der Waals surface area contributed by atoms with Crippen LogP contribution in [-0.4, -0.2) is 29.5 Å². The van der Waals surface area contributed by atoms with Crippen molar-refractivity contribution in [3.8, 4) is 22.5 Å². The molecule has 0 unspecified atom stereocenters. The Morgan fingerprint density at radius 1 is 1.32 bits per heavy atom. The second kappa shape index (κ2) is 8.16. The van der Waals surface area contributed by atoms with Crippen molar-refractivity contribution in [3.05, 3.63) is 42.6 Å². The van der Waals surface area contributed by atoms with Crippen molar-refractivity contribution < 1.29 is 4.21 Å². The van der Waals surface area contributed by atoms with Gasteiger partial charge in [-0.25, -0.2) is 9.97 Å². The molecule has 0 aliphatic heterocycles. The molecule has 160 valence electrons. The van der Waals surface area contributed by atoms with Gasteiger partial charge < -0.3 is 10.3 Å². The second-order valence-electron chi connectivity index (χ2n) is 8.02. The molecule has 1 aliphatic carbocycles. The van der Waals surface area contributed by atoms with Gasteiger partial charge in [0.1, 0.15) is 14.9 Å². The van der Waals surface area contributed by atoms with Crippen LogP contribution < -0.4 is 5.73 Å². The van der Waals surface area contributed by atoms with Crippen LogP contribution in [0.3, 0.4) is 0 Å². The first-order valence-corrected chi connectivity index (χ1v) is 12.8. The summed E-state index contributed by atoms with van der Waals surface area (Å²) in [5.74, 6) is 2.28. The normalized spacial score (nSPS) is 14.9. The average Bonchev–Trinajstić information content (AvgIpc) is 3.48. The molecule has 0 bridgehead atoms. The van der Waals surface area contributed by atoms with E-state index in [1.807, 2.05) is 24.5 Å². The van der Waals surface area contributed by atoms with E-state index in [9.17, 15) is 4.21 Å². The van der Waals surface area contributed by atoms with Crippen LogP contribution in [0, 0.1) is 0 Å². The Morgan fingerprint density at radius 3 is 2.87 bits per heavy atom. The van der Waals surface area contributed by atoms with E-state index in [4.69, 9.17) is 15.7 Å². The third-order valence-corrected chi connectivity index (χ3v) is 8.75. The second-order valence-corrected chi connectivity index (χ2v) is 10.8. The first kappa shape index (κ1) is 20.3. The van der Waals surface area contributed by atoms with E-state index in [0.29, 0.717) is 17.4 Å². The summed E-state index contributed by atoms with van der Waals surface area (Å²) in [6, 6.07) is 5.97. The number of thiophene rings is 1. The van der Waals surface area contributed by atoms with Crippen molar-refractivity contribution in [1.29, 1.82) is 0 Å². The van der Waals surface area contributed by atoms with Crippen molar-refractivity contribution in [2.75, 3.05) is 11.5 Å². The lowest BCUT2D eigenvalue weighted by molar-refractivity contribution is 0.681. The molecule has 1 fully saturated rings. The van der Waals surface area contributed by atoms with Gasteiger partial charge in [0.05, 0.1) is 34.1 Å². The molecule has 1 aliphatic rings. The number of hydrogen-bond donors (Lipinski definition) is 1. The summed E-state index contributed by atoms with van der Waals surface area (Å²) in [7, 11) is 0.942. The number of fused-ring (bicyclic) bond motifs is 1. The fourth-order valence-corrected chi connectivity index (χ4v) is 6.69. The first-order valence-electron chi connectivity index (χ1n) is 10.6. The molecule has 2 N–H and O–H groups in total. The quantitative estimate of drug-likeness (QED) is 0.421. The van der Waals surface area contributed by atoms with Gasteiger partial charge in [0.2, 0.25) is 0 Å².